The fourth-order valence-corrected chi connectivity index (χ4v) is 4.63. The first-order valence-electron chi connectivity index (χ1n) is 9.31. The second-order valence-electron chi connectivity index (χ2n) is 8.08. The molecule has 0 amide bonds. The van der Waals surface area contributed by atoms with E-state index in [2.05, 4.69) is 13.8 Å². The lowest BCUT2D eigenvalue weighted by atomic mass is 9.62. The molecule has 0 radical (unpaired) electrons. The van der Waals surface area contributed by atoms with Crippen molar-refractivity contribution in [2.45, 2.75) is 26.1 Å². The Morgan fingerprint density at radius 1 is 0.786 bits per heavy atom. The fraction of sp³-hybridized carbons (Fsp3) is 0.455. The molecule has 0 bridgehead atoms. The van der Waals surface area contributed by atoms with Crippen molar-refractivity contribution in [2.75, 3.05) is 27.4 Å². The number of ether oxygens (including phenoxy) is 4. The molecule has 2 N–H and O–H groups in total. The van der Waals surface area contributed by atoms with Gasteiger partial charge in [0.15, 0.2) is 23.0 Å². The zero-order valence-corrected chi connectivity index (χ0v) is 16.6. The Kier molecular flexibility index (Phi) is 4.43. The number of rotatable bonds is 4. The Morgan fingerprint density at radius 3 is 1.50 bits per heavy atom. The molecule has 6 nitrogen and oxygen atoms in total. The maximum absolute atomic E-state index is 10.2. The van der Waals surface area contributed by atoms with Gasteiger partial charge in [-0.05, 0) is 35.4 Å². The van der Waals surface area contributed by atoms with Gasteiger partial charge in [-0.1, -0.05) is 26.0 Å². The summed E-state index contributed by atoms with van der Waals surface area (Å²) in [5.41, 5.74) is 1.19. The second kappa shape index (κ2) is 6.57. The predicted octanol–water partition coefficient (Wildman–Crippen LogP) is 3.97. The SMILES string of the molecule is COc1ccc([C@@H]2OC[C@]3(C)[C@H](c4ccc(OC)c(O)c4)OC[C@]23C)cc1O. The monoisotopic (exact) mass is 386 g/mol. The lowest BCUT2D eigenvalue weighted by molar-refractivity contribution is -0.00651. The molecule has 0 aliphatic carbocycles. The van der Waals surface area contributed by atoms with Crippen molar-refractivity contribution in [1.29, 1.82) is 0 Å². The van der Waals surface area contributed by atoms with Crippen LogP contribution in [0.3, 0.4) is 0 Å². The normalized spacial score (nSPS) is 31.6. The van der Waals surface area contributed by atoms with Crippen LogP contribution < -0.4 is 9.47 Å². The standard InChI is InChI=1S/C22H26O6/c1-21-11-27-20(14-6-8-18(26-4)16(24)10-14)22(21,2)12-28-19(21)13-5-7-17(25-3)15(23)9-13/h5-10,19-20,23-24H,11-12H2,1-4H3/t19-,20-,21+,22+/m0/s1. The molecule has 2 aromatic rings. The summed E-state index contributed by atoms with van der Waals surface area (Å²) in [5.74, 6) is 1.06. The van der Waals surface area contributed by atoms with Crippen LogP contribution in [0.25, 0.3) is 0 Å². The Bertz CT molecular complexity index is 823. The smallest absolute Gasteiger partial charge is 0.160 e. The number of fused-ring (bicyclic) bond motifs is 1. The van der Waals surface area contributed by atoms with Crippen LogP contribution in [0.4, 0.5) is 0 Å². The molecule has 0 saturated carbocycles. The van der Waals surface area contributed by atoms with E-state index in [9.17, 15) is 10.2 Å². The van der Waals surface area contributed by atoms with E-state index in [0.29, 0.717) is 24.7 Å². The van der Waals surface area contributed by atoms with Crippen LogP contribution in [0.15, 0.2) is 36.4 Å². The predicted molar refractivity (Wildman–Crippen MR) is 103 cm³/mol. The number of phenols is 2. The molecule has 0 aromatic heterocycles. The van der Waals surface area contributed by atoms with E-state index in [-0.39, 0.29) is 34.5 Å². The van der Waals surface area contributed by atoms with Gasteiger partial charge in [0.2, 0.25) is 0 Å². The summed E-state index contributed by atoms with van der Waals surface area (Å²) in [7, 11) is 3.05. The van der Waals surface area contributed by atoms with Crippen molar-refractivity contribution >= 4 is 0 Å². The Balaban J connectivity index is 1.68. The first kappa shape index (κ1) is 18.9. The van der Waals surface area contributed by atoms with Gasteiger partial charge in [-0.25, -0.2) is 0 Å². The number of hydrogen-bond acceptors (Lipinski definition) is 6. The Hall–Kier alpha value is -2.44. The van der Waals surface area contributed by atoms with E-state index in [0.717, 1.165) is 11.1 Å². The highest BCUT2D eigenvalue weighted by Gasteiger charge is 2.64. The highest BCUT2D eigenvalue weighted by atomic mass is 16.5. The van der Waals surface area contributed by atoms with E-state index >= 15 is 0 Å². The summed E-state index contributed by atoms with van der Waals surface area (Å²) in [6, 6.07) is 10.8. The Labute approximate surface area is 164 Å². The third-order valence-electron chi connectivity index (χ3n) is 6.57. The van der Waals surface area contributed by atoms with Gasteiger partial charge in [-0.3, -0.25) is 0 Å². The molecule has 2 fully saturated rings. The van der Waals surface area contributed by atoms with Gasteiger partial charge in [0.05, 0.1) is 39.6 Å². The highest BCUT2D eigenvalue weighted by Crippen LogP contribution is 2.66. The molecule has 4 atom stereocenters. The molecule has 6 heteroatoms. The molecule has 150 valence electrons. The fourth-order valence-electron chi connectivity index (χ4n) is 4.63. The van der Waals surface area contributed by atoms with E-state index in [1.54, 1.807) is 24.3 Å². The summed E-state index contributed by atoms with van der Waals surface area (Å²) in [5, 5.41) is 20.4. The minimum absolute atomic E-state index is 0.0938. The number of benzene rings is 2. The average Bonchev–Trinajstić information content (AvgIpc) is 3.08. The highest BCUT2D eigenvalue weighted by molar-refractivity contribution is 5.45. The maximum atomic E-state index is 10.2. The molecule has 0 spiro atoms. The van der Waals surface area contributed by atoms with Crippen LogP contribution in [0.2, 0.25) is 0 Å². The van der Waals surface area contributed by atoms with E-state index < -0.39 is 0 Å². The molecule has 2 aliphatic rings. The van der Waals surface area contributed by atoms with Crippen molar-refractivity contribution in [2.24, 2.45) is 10.8 Å². The molecular weight excluding hydrogens is 360 g/mol. The van der Waals surface area contributed by atoms with Gasteiger partial charge < -0.3 is 29.2 Å². The van der Waals surface area contributed by atoms with Gasteiger partial charge in [0.1, 0.15) is 0 Å². The van der Waals surface area contributed by atoms with Gasteiger partial charge >= 0.3 is 0 Å². The lowest BCUT2D eigenvalue weighted by Gasteiger charge is -2.37. The molecule has 2 saturated heterocycles. The first-order valence-corrected chi connectivity index (χ1v) is 9.31. The topological polar surface area (TPSA) is 77.4 Å². The Morgan fingerprint density at radius 2 is 1.18 bits per heavy atom. The van der Waals surface area contributed by atoms with Crippen molar-refractivity contribution in [3.05, 3.63) is 47.5 Å². The molecular formula is C22H26O6. The van der Waals surface area contributed by atoms with E-state index in [1.165, 1.54) is 14.2 Å². The zero-order valence-electron chi connectivity index (χ0n) is 16.6. The van der Waals surface area contributed by atoms with Gasteiger partial charge in [-0.15, -0.1) is 0 Å². The van der Waals surface area contributed by atoms with Gasteiger partial charge in [0, 0.05) is 10.8 Å². The van der Waals surface area contributed by atoms with Crippen LogP contribution in [-0.4, -0.2) is 37.6 Å². The third-order valence-corrected chi connectivity index (χ3v) is 6.57. The minimum Gasteiger partial charge on any atom is -0.504 e. The molecule has 2 aliphatic heterocycles. The van der Waals surface area contributed by atoms with Crippen LogP contribution in [-0.2, 0) is 9.47 Å². The molecule has 4 rings (SSSR count). The van der Waals surface area contributed by atoms with E-state index in [4.69, 9.17) is 18.9 Å². The van der Waals surface area contributed by atoms with Crippen LogP contribution in [0.1, 0.15) is 37.2 Å². The number of methoxy groups -OCH3 is 2. The number of phenolic OH excluding ortho intramolecular Hbond substituents is 2. The second-order valence-corrected chi connectivity index (χ2v) is 8.08. The number of hydrogen-bond donors (Lipinski definition) is 2. The maximum Gasteiger partial charge on any atom is 0.160 e. The molecule has 2 aromatic carbocycles. The van der Waals surface area contributed by atoms with Crippen molar-refractivity contribution in [3.63, 3.8) is 0 Å². The quantitative estimate of drug-likeness (QED) is 0.828. The van der Waals surface area contributed by atoms with Crippen LogP contribution >= 0.6 is 0 Å². The third kappa shape index (κ3) is 2.55. The average molecular weight is 386 g/mol. The van der Waals surface area contributed by atoms with Crippen LogP contribution in [0.5, 0.6) is 23.0 Å². The van der Waals surface area contributed by atoms with Crippen molar-refractivity contribution in [1.82, 2.24) is 0 Å². The molecule has 28 heavy (non-hydrogen) atoms. The summed E-state index contributed by atoms with van der Waals surface area (Å²) in [6.07, 6.45) is -0.433. The molecule has 0 unspecified atom stereocenters. The lowest BCUT2D eigenvalue weighted by Crippen LogP contribution is -2.37. The molecule has 2 heterocycles. The first-order chi connectivity index (χ1) is 13.3. The summed E-state index contributed by atoms with van der Waals surface area (Å²) < 4.78 is 22.8. The minimum atomic E-state index is -0.297. The number of aromatic hydroxyl groups is 2. The van der Waals surface area contributed by atoms with E-state index in [1.807, 2.05) is 12.1 Å². The van der Waals surface area contributed by atoms with Gasteiger partial charge in [0.25, 0.3) is 0 Å². The largest absolute Gasteiger partial charge is 0.504 e. The summed E-state index contributed by atoms with van der Waals surface area (Å²) in [6.45, 7) is 5.35. The summed E-state index contributed by atoms with van der Waals surface area (Å²) in [4.78, 5) is 0. The van der Waals surface area contributed by atoms with Crippen LogP contribution in [0, 0.1) is 10.8 Å². The van der Waals surface area contributed by atoms with Crippen molar-refractivity contribution in [3.8, 4) is 23.0 Å². The van der Waals surface area contributed by atoms with Gasteiger partial charge in [-0.2, -0.15) is 0 Å². The van der Waals surface area contributed by atoms with Crippen molar-refractivity contribution < 1.29 is 29.2 Å². The summed E-state index contributed by atoms with van der Waals surface area (Å²) >= 11 is 0. The zero-order chi connectivity index (χ0) is 20.1.